The lowest BCUT2D eigenvalue weighted by Crippen LogP contribution is -2.35. The molecule has 6 heteroatoms. The maximum Gasteiger partial charge on any atom is 0.267 e. The highest BCUT2D eigenvalue weighted by Gasteiger charge is 2.12. The van der Waals surface area contributed by atoms with Crippen LogP contribution in [0.2, 0.25) is 0 Å². The summed E-state index contributed by atoms with van der Waals surface area (Å²) in [6.07, 6.45) is 1.13. The molecule has 1 amide bonds. The molecule has 0 aliphatic heterocycles. The summed E-state index contributed by atoms with van der Waals surface area (Å²) in [6, 6.07) is 3.53. The van der Waals surface area contributed by atoms with Crippen molar-refractivity contribution < 1.29 is 19.4 Å². The third-order valence-electron chi connectivity index (χ3n) is 2.46. The molecule has 0 spiro atoms. The fourth-order valence-corrected chi connectivity index (χ4v) is 1.56. The molecule has 6 nitrogen and oxygen atoms in total. The van der Waals surface area contributed by atoms with Gasteiger partial charge in [-0.15, -0.1) is 0 Å². The van der Waals surface area contributed by atoms with Gasteiger partial charge < -0.3 is 24.5 Å². The highest BCUT2D eigenvalue weighted by atomic mass is 16.5. The van der Waals surface area contributed by atoms with E-state index in [4.69, 9.17) is 9.47 Å². The van der Waals surface area contributed by atoms with Crippen LogP contribution < -0.4 is 5.32 Å². The number of carbonyl (C=O) groups excluding carboxylic acids is 1. The molecule has 0 aliphatic carbocycles. The van der Waals surface area contributed by atoms with E-state index >= 15 is 0 Å². The number of nitrogens with one attached hydrogen (secondary N) is 1. The van der Waals surface area contributed by atoms with Crippen LogP contribution in [0.3, 0.4) is 0 Å². The normalized spacial score (nSPS) is 12.4. The molecule has 1 aromatic heterocycles. The average Bonchev–Trinajstić information content (AvgIpc) is 2.82. The van der Waals surface area contributed by atoms with Crippen molar-refractivity contribution in [3.8, 4) is 0 Å². The fourth-order valence-electron chi connectivity index (χ4n) is 1.56. The summed E-state index contributed by atoms with van der Waals surface area (Å²) in [5.41, 5.74) is 0.552. The fraction of sp³-hybridized carbons (Fsp3) is 0.583. The van der Waals surface area contributed by atoms with Gasteiger partial charge in [-0.2, -0.15) is 0 Å². The number of aliphatic hydroxyl groups is 1. The Kier molecular flexibility index (Phi) is 6.42. The number of hydrogen-bond acceptors (Lipinski definition) is 4. The number of methoxy groups -OCH3 is 2. The molecule has 1 aromatic rings. The Morgan fingerprint density at radius 3 is 2.94 bits per heavy atom. The molecule has 0 radical (unpaired) electrons. The van der Waals surface area contributed by atoms with Crippen molar-refractivity contribution >= 4 is 5.91 Å². The van der Waals surface area contributed by atoms with Gasteiger partial charge in [-0.25, -0.2) is 0 Å². The first kappa shape index (κ1) is 14.7. The highest BCUT2D eigenvalue weighted by molar-refractivity contribution is 5.92. The van der Waals surface area contributed by atoms with Crippen molar-refractivity contribution in [2.45, 2.75) is 12.6 Å². The minimum Gasteiger partial charge on any atom is -0.389 e. The summed E-state index contributed by atoms with van der Waals surface area (Å²) < 4.78 is 11.6. The summed E-state index contributed by atoms with van der Waals surface area (Å²) in [5, 5.41) is 12.1. The molecule has 18 heavy (non-hydrogen) atoms. The molecule has 0 saturated heterocycles. The standard InChI is InChI=1S/C12H20N2O4/c1-17-7-6-14-5-3-4-11(14)12(16)13-8-10(15)9-18-2/h3-5,10,15H,6-9H2,1-2H3,(H,13,16). The summed E-state index contributed by atoms with van der Waals surface area (Å²) in [6.45, 7) is 1.53. The monoisotopic (exact) mass is 256 g/mol. The predicted molar refractivity (Wildman–Crippen MR) is 66.5 cm³/mol. The molecule has 1 rings (SSSR count). The number of rotatable bonds is 8. The lowest BCUT2D eigenvalue weighted by Gasteiger charge is -2.12. The van der Waals surface area contributed by atoms with Crippen LogP contribution in [0.5, 0.6) is 0 Å². The van der Waals surface area contributed by atoms with Crippen LogP contribution in [-0.4, -0.2) is 55.7 Å². The zero-order valence-corrected chi connectivity index (χ0v) is 10.8. The molecule has 1 atom stereocenters. The van der Waals surface area contributed by atoms with Crippen molar-refractivity contribution in [3.05, 3.63) is 24.0 Å². The lowest BCUT2D eigenvalue weighted by atomic mass is 10.3. The van der Waals surface area contributed by atoms with Gasteiger partial charge >= 0.3 is 0 Å². The van der Waals surface area contributed by atoms with Crippen LogP contribution in [0.25, 0.3) is 0 Å². The van der Waals surface area contributed by atoms with Crippen LogP contribution in [0.4, 0.5) is 0 Å². The minimum atomic E-state index is -0.693. The molecule has 1 unspecified atom stereocenters. The summed E-state index contributed by atoms with van der Waals surface area (Å²) in [4.78, 5) is 11.9. The van der Waals surface area contributed by atoms with E-state index < -0.39 is 6.10 Å². The molecule has 0 fully saturated rings. The van der Waals surface area contributed by atoms with Crippen molar-refractivity contribution in [3.63, 3.8) is 0 Å². The number of aliphatic hydroxyl groups excluding tert-OH is 1. The Hall–Kier alpha value is -1.37. The largest absolute Gasteiger partial charge is 0.389 e. The molecular formula is C12H20N2O4. The molecule has 102 valence electrons. The SMILES string of the molecule is COCCn1cccc1C(=O)NCC(O)COC. The molecule has 1 heterocycles. The topological polar surface area (TPSA) is 72.7 Å². The van der Waals surface area contributed by atoms with Crippen LogP contribution in [0.15, 0.2) is 18.3 Å². The van der Waals surface area contributed by atoms with E-state index in [0.29, 0.717) is 18.8 Å². The van der Waals surface area contributed by atoms with Gasteiger partial charge in [0.1, 0.15) is 5.69 Å². The number of carbonyl (C=O) groups is 1. The van der Waals surface area contributed by atoms with Gasteiger partial charge in [-0.3, -0.25) is 4.79 Å². The van der Waals surface area contributed by atoms with Crippen LogP contribution in [-0.2, 0) is 16.0 Å². The zero-order valence-electron chi connectivity index (χ0n) is 10.8. The van der Waals surface area contributed by atoms with Crippen molar-refractivity contribution in [1.82, 2.24) is 9.88 Å². The van der Waals surface area contributed by atoms with E-state index in [1.807, 2.05) is 10.8 Å². The lowest BCUT2D eigenvalue weighted by molar-refractivity contribution is 0.0607. The van der Waals surface area contributed by atoms with E-state index in [-0.39, 0.29) is 19.1 Å². The van der Waals surface area contributed by atoms with E-state index in [1.54, 1.807) is 19.2 Å². The van der Waals surface area contributed by atoms with Crippen LogP contribution >= 0.6 is 0 Å². The smallest absolute Gasteiger partial charge is 0.267 e. The number of aromatic nitrogens is 1. The second-order valence-corrected chi connectivity index (χ2v) is 3.90. The Labute approximate surface area is 107 Å². The van der Waals surface area contributed by atoms with Gasteiger partial charge in [-0.1, -0.05) is 0 Å². The van der Waals surface area contributed by atoms with E-state index in [0.717, 1.165) is 0 Å². The number of hydrogen-bond donors (Lipinski definition) is 2. The maximum absolute atomic E-state index is 11.9. The number of amides is 1. The molecule has 2 N–H and O–H groups in total. The molecule has 0 aromatic carbocycles. The third kappa shape index (κ3) is 4.48. The van der Waals surface area contributed by atoms with Gasteiger partial charge in [-0.05, 0) is 12.1 Å². The van der Waals surface area contributed by atoms with Gasteiger partial charge in [0.05, 0.1) is 19.3 Å². The Morgan fingerprint density at radius 1 is 1.50 bits per heavy atom. The van der Waals surface area contributed by atoms with Crippen molar-refractivity contribution in [2.75, 3.05) is 34.0 Å². The maximum atomic E-state index is 11.9. The molecule has 0 bridgehead atoms. The first-order chi connectivity index (χ1) is 8.69. The second-order valence-electron chi connectivity index (χ2n) is 3.90. The van der Waals surface area contributed by atoms with Gasteiger partial charge in [0.2, 0.25) is 0 Å². The summed E-state index contributed by atoms with van der Waals surface area (Å²) in [5.74, 6) is -0.216. The first-order valence-electron chi connectivity index (χ1n) is 5.78. The third-order valence-corrected chi connectivity index (χ3v) is 2.46. The minimum absolute atomic E-state index is 0.169. The number of nitrogens with zero attached hydrogens (tertiary/aromatic N) is 1. The van der Waals surface area contributed by atoms with E-state index in [2.05, 4.69) is 5.32 Å². The predicted octanol–water partition coefficient (Wildman–Crippen LogP) is -0.128. The van der Waals surface area contributed by atoms with Crippen LogP contribution in [0, 0.1) is 0 Å². The highest BCUT2D eigenvalue weighted by Crippen LogP contribution is 2.02. The van der Waals surface area contributed by atoms with Crippen molar-refractivity contribution in [2.24, 2.45) is 0 Å². The molecular weight excluding hydrogens is 236 g/mol. The summed E-state index contributed by atoms with van der Waals surface area (Å²) >= 11 is 0. The van der Waals surface area contributed by atoms with Crippen molar-refractivity contribution in [1.29, 1.82) is 0 Å². The van der Waals surface area contributed by atoms with Crippen LogP contribution in [0.1, 0.15) is 10.5 Å². The molecule has 0 saturated carbocycles. The van der Waals surface area contributed by atoms with Gasteiger partial charge in [0.15, 0.2) is 0 Å². The summed E-state index contributed by atoms with van der Waals surface area (Å²) in [7, 11) is 3.12. The Balaban J connectivity index is 2.48. The van der Waals surface area contributed by atoms with E-state index in [1.165, 1.54) is 7.11 Å². The quantitative estimate of drug-likeness (QED) is 0.679. The van der Waals surface area contributed by atoms with E-state index in [9.17, 15) is 9.90 Å². The second kappa shape index (κ2) is 7.86. The van der Waals surface area contributed by atoms with Gasteiger partial charge in [0, 0.05) is 33.5 Å². The van der Waals surface area contributed by atoms with Gasteiger partial charge in [0.25, 0.3) is 5.91 Å². The Bertz CT molecular complexity index is 365. The first-order valence-corrected chi connectivity index (χ1v) is 5.78. The average molecular weight is 256 g/mol. The number of ether oxygens (including phenoxy) is 2. The zero-order chi connectivity index (χ0) is 13.4. The Morgan fingerprint density at radius 2 is 2.28 bits per heavy atom. The molecule has 0 aliphatic rings.